The van der Waals surface area contributed by atoms with Crippen molar-refractivity contribution in [2.45, 2.75) is 143 Å². The zero-order valence-electron chi connectivity index (χ0n) is 29.3. The first-order valence-corrected chi connectivity index (χ1v) is 28.7. The molecular weight excluding hydrogens is 601 g/mol. The van der Waals surface area contributed by atoms with Crippen molar-refractivity contribution >= 4 is 45.5 Å². The second kappa shape index (κ2) is 22.5. The van der Waals surface area contributed by atoms with Gasteiger partial charge < -0.3 is 26.6 Å². The van der Waals surface area contributed by atoms with Crippen molar-refractivity contribution in [1.82, 2.24) is 0 Å². The van der Waals surface area contributed by atoms with Crippen molar-refractivity contribution in [2.24, 2.45) is 0 Å². The third-order valence-electron chi connectivity index (χ3n) is 7.09. The van der Waals surface area contributed by atoms with Crippen LogP contribution in [-0.2, 0) is 26.6 Å². The summed E-state index contributed by atoms with van der Waals surface area (Å²) in [6.45, 7) is 32.1. The molecule has 0 fully saturated rings. The van der Waals surface area contributed by atoms with Crippen molar-refractivity contribution < 1.29 is 26.6 Å². The van der Waals surface area contributed by atoms with Crippen LogP contribution in [-0.4, -0.2) is 84.9 Å². The van der Waals surface area contributed by atoms with Crippen LogP contribution in [0.1, 0.15) is 92.9 Å². The van der Waals surface area contributed by atoms with Crippen LogP contribution < -0.4 is 0 Å². The van der Waals surface area contributed by atoms with Gasteiger partial charge in [0.25, 0.3) is 0 Å². The van der Waals surface area contributed by atoms with E-state index >= 15 is 0 Å². The van der Waals surface area contributed by atoms with Crippen molar-refractivity contribution in [3.8, 4) is 0 Å². The quantitative estimate of drug-likeness (QED) is 0.0607. The molecule has 0 amide bonds. The Bertz CT molecular complexity index is 538. The molecule has 248 valence electrons. The molecule has 0 aliphatic heterocycles. The minimum Gasteiger partial charge on any atom is -0.373 e. The van der Waals surface area contributed by atoms with Crippen molar-refractivity contribution in [1.29, 1.82) is 0 Å². The highest BCUT2D eigenvalue weighted by molar-refractivity contribution is 7.99. The lowest BCUT2D eigenvalue weighted by Crippen LogP contribution is -2.58. The molecule has 0 aromatic rings. The highest BCUT2D eigenvalue weighted by Gasteiger charge is 2.56. The number of hydrogen-bond acceptors (Lipinski definition) is 7. The number of hydrogen-bond donors (Lipinski definition) is 0. The van der Waals surface area contributed by atoms with Crippen LogP contribution in [0.25, 0.3) is 0 Å². The summed E-state index contributed by atoms with van der Waals surface area (Å²) in [7, 11) is -8.88. The third kappa shape index (κ3) is 15.7. The zero-order valence-corrected chi connectivity index (χ0v) is 34.1. The molecule has 0 N–H and O–H groups in total. The molecular formula is C30H70O6SSi4. The maximum Gasteiger partial charge on any atom is 0.501 e. The van der Waals surface area contributed by atoms with Gasteiger partial charge in [-0.1, -0.05) is 80.8 Å². The topological polar surface area (TPSA) is 55.4 Å². The Kier molecular flexibility index (Phi) is 23.0. The van der Waals surface area contributed by atoms with Gasteiger partial charge in [0, 0.05) is 50.0 Å². The molecule has 0 aliphatic rings. The van der Waals surface area contributed by atoms with Crippen LogP contribution >= 0.6 is 11.8 Å². The predicted octanol–water partition coefficient (Wildman–Crippen LogP) is 9.43. The monoisotopic (exact) mass is 670 g/mol. The van der Waals surface area contributed by atoms with Gasteiger partial charge in [0.15, 0.2) is 0 Å². The SMILES string of the molecule is CCCO[Si](OCCC)(OCCC)C(CCSCCC([Si](C)(C)C)[Si](OCCC)(OCCC)OCCC)[Si](C)(C)C. The summed E-state index contributed by atoms with van der Waals surface area (Å²) >= 11 is 2.07. The third-order valence-corrected chi connectivity index (χ3v) is 26.1. The van der Waals surface area contributed by atoms with Crippen LogP contribution in [0, 0.1) is 0 Å². The van der Waals surface area contributed by atoms with Crippen molar-refractivity contribution in [3.63, 3.8) is 0 Å². The van der Waals surface area contributed by atoms with E-state index in [9.17, 15) is 0 Å². The number of rotatable bonds is 28. The Morgan fingerprint density at radius 1 is 0.415 bits per heavy atom. The van der Waals surface area contributed by atoms with Gasteiger partial charge in [0.05, 0.1) is 16.1 Å². The van der Waals surface area contributed by atoms with E-state index in [1.807, 2.05) is 0 Å². The molecule has 0 aromatic heterocycles. The normalized spacial score (nSPS) is 14.9. The minimum atomic E-state index is -2.81. The van der Waals surface area contributed by atoms with Crippen molar-refractivity contribution in [2.75, 3.05) is 51.1 Å². The molecule has 0 rings (SSSR count). The summed E-state index contributed by atoms with van der Waals surface area (Å²) in [5.41, 5.74) is 0. The predicted molar refractivity (Wildman–Crippen MR) is 190 cm³/mol. The first-order chi connectivity index (χ1) is 19.3. The molecule has 11 heteroatoms. The molecule has 2 unspecified atom stereocenters. The molecule has 0 heterocycles. The van der Waals surface area contributed by atoms with E-state index in [2.05, 4.69) is 92.6 Å². The van der Waals surface area contributed by atoms with E-state index in [1.165, 1.54) is 0 Å². The molecule has 0 aliphatic carbocycles. The fraction of sp³-hybridized carbons (Fsp3) is 1.00. The average molecular weight is 671 g/mol. The summed E-state index contributed by atoms with van der Waals surface area (Å²) in [4.78, 5) is 0. The summed E-state index contributed by atoms with van der Waals surface area (Å²) in [6.07, 6.45) is 8.08. The van der Waals surface area contributed by atoms with Gasteiger partial charge in [-0.05, 0) is 62.9 Å². The first kappa shape index (κ1) is 42.0. The minimum absolute atomic E-state index is 0.391. The van der Waals surface area contributed by atoms with Crippen molar-refractivity contribution in [3.05, 3.63) is 0 Å². The summed E-state index contributed by atoms with van der Waals surface area (Å²) in [5.74, 6) is 2.19. The van der Waals surface area contributed by atoms with E-state index in [0.29, 0.717) is 50.0 Å². The van der Waals surface area contributed by atoms with E-state index in [0.717, 1.165) is 62.9 Å². The molecule has 6 nitrogen and oxygen atoms in total. The Hall–Kier alpha value is 0.978. The molecule has 0 bridgehead atoms. The van der Waals surface area contributed by atoms with E-state index in [-0.39, 0.29) is 0 Å². The van der Waals surface area contributed by atoms with Crippen LogP contribution in [0.3, 0.4) is 0 Å². The lowest BCUT2D eigenvalue weighted by atomic mass is 10.5. The Morgan fingerprint density at radius 3 is 0.805 bits per heavy atom. The van der Waals surface area contributed by atoms with Crippen LogP contribution in [0.5, 0.6) is 0 Å². The van der Waals surface area contributed by atoms with Gasteiger partial charge >= 0.3 is 17.6 Å². The highest BCUT2D eigenvalue weighted by atomic mass is 32.2. The summed E-state index contributed by atoms with van der Waals surface area (Å²) in [5, 5.41) is 0.782. The largest absolute Gasteiger partial charge is 0.501 e. The first-order valence-electron chi connectivity index (χ1n) is 16.7. The Morgan fingerprint density at radius 2 is 0.634 bits per heavy atom. The second-order valence-corrected chi connectivity index (χ2v) is 32.1. The number of thioether (sulfide) groups is 1. The molecule has 41 heavy (non-hydrogen) atoms. The Balaban J connectivity index is 5.84. The molecule has 0 radical (unpaired) electrons. The van der Waals surface area contributed by atoms with E-state index in [4.69, 9.17) is 26.6 Å². The fourth-order valence-electron chi connectivity index (χ4n) is 5.10. The van der Waals surface area contributed by atoms with Gasteiger partial charge in [-0.25, -0.2) is 0 Å². The lowest BCUT2D eigenvalue weighted by Gasteiger charge is -2.42. The van der Waals surface area contributed by atoms with Gasteiger partial charge in [-0.15, -0.1) is 0 Å². The standard InChI is InChI=1S/C30H70O6SSi4/c1-13-21-31-40(32-22-14-2,33-23-15-3)29(38(7,8)9)19-27-37-28-20-30(39(10,11)12)41(34-24-16-4,35-25-17-5)36-26-18-6/h29-30H,13-28H2,1-12H3. The smallest absolute Gasteiger partial charge is 0.373 e. The average Bonchev–Trinajstić information content (AvgIpc) is 2.91. The second-order valence-electron chi connectivity index (χ2n) is 13.3. The lowest BCUT2D eigenvalue weighted by molar-refractivity contribution is 0.0545. The maximum atomic E-state index is 6.65. The molecule has 0 saturated heterocycles. The van der Waals surface area contributed by atoms with Gasteiger partial charge in [-0.3, -0.25) is 0 Å². The zero-order chi connectivity index (χ0) is 31.4. The van der Waals surface area contributed by atoms with Crippen LogP contribution in [0.2, 0.25) is 49.6 Å². The van der Waals surface area contributed by atoms with Gasteiger partial charge in [0.1, 0.15) is 0 Å². The molecule has 0 aromatic carbocycles. The highest BCUT2D eigenvalue weighted by Crippen LogP contribution is 2.41. The van der Waals surface area contributed by atoms with Crippen LogP contribution in [0.4, 0.5) is 0 Å². The summed E-state index contributed by atoms with van der Waals surface area (Å²) in [6, 6.07) is 0. The van der Waals surface area contributed by atoms with E-state index < -0.39 is 33.8 Å². The fourth-order valence-corrected chi connectivity index (χ4v) is 24.6. The molecule has 0 saturated carbocycles. The molecule has 2 atom stereocenters. The maximum absolute atomic E-state index is 6.65. The van der Waals surface area contributed by atoms with Gasteiger partial charge in [-0.2, -0.15) is 11.8 Å². The van der Waals surface area contributed by atoms with Crippen LogP contribution in [0.15, 0.2) is 0 Å². The van der Waals surface area contributed by atoms with E-state index in [1.54, 1.807) is 0 Å². The molecule has 0 spiro atoms. The van der Waals surface area contributed by atoms with Gasteiger partial charge in [0.2, 0.25) is 0 Å². The Labute approximate surface area is 264 Å². The summed E-state index contributed by atoms with van der Waals surface area (Å²) < 4.78 is 39.9.